The molecule has 0 aromatic heterocycles. The maximum absolute atomic E-state index is 13.0. The number of aryl methyl sites for hydroxylation is 1. The summed E-state index contributed by atoms with van der Waals surface area (Å²) in [6.07, 6.45) is 0.751. The van der Waals surface area contributed by atoms with E-state index < -0.39 is 5.25 Å². The third-order valence-electron chi connectivity index (χ3n) is 4.58. The molecular weight excluding hydrogens is 422 g/mol. The first kappa shape index (κ1) is 22.3. The van der Waals surface area contributed by atoms with Gasteiger partial charge in [0.25, 0.3) is 0 Å². The van der Waals surface area contributed by atoms with Gasteiger partial charge in [-0.1, -0.05) is 47.6 Å². The Kier molecular flexibility index (Phi) is 7.90. The molecule has 2 amide bonds. The number of hydrogen-bond acceptors (Lipinski definition) is 5. The van der Waals surface area contributed by atoms with E-state index in [4.69, 9.17) is 16.3 Å². The Bertz CT molecular complexity index is 936. The second-order valence-corrected chi connectivity index (χ2v) is 8.49. The highest BCUT2D eigenvalue weighted by Gasteiger charge is 2.38. The Morgan fingerprint density at radius 3 is 2.77 bits per heavy atom. The summed E-state index contributed by atoms with van der Waals surface area (Å²) < 4.78 is 5.11. The molecule has 3 rings (SSSR count). The van der Waals surface area contributed by atoms with Crippen molar-refractivity contribution in [2.45, 2.75) is 25.0 Å². The standard InChI is InChI=1S/C22H24ClN3O3S/c1-15-9-10-16(23)13-18(15)25-20(27)14-19-21(28)26(11-6-12-29-2)22(30-19)24-17-7-4-3-5-8-17/h3-5,7-10,13,19H,6,11-12,14H2,1-2H3,(H,25,27)/t19-/m0/s1. The first-order chi connectivity index (χ1) is 14.5. The van der Waals surface area contributed by atoms with Gasteiger partial charge in [0.05, 0.1) is 5.69 Å². The summed E-state index contributed by atoms with van der Waals surface area (Å²) in [5, 5.41) is 3.50. The number of halogens is 1. The smallest absolute Gasteiger partial charge is 0.242 e. The Morgan fingerprint density at radius 1 is 1.27 bits per heavy atom. The molecule has 6 nitrogen and oxygen atoms in total. The number of benzene rings is 2. The molecule has 1 fully saturated rings. The van der Waals surface area contributed by atoms with Crippen molar-refractivity contribution in [3.8, 4) is 0 Å². The van der Waals surface area contributed by atoms with E-state index in [1.807, 2.05) is 43.3 Å². The predicted molar refractivity (Wildman–Crippen MR) is 123 cm³/mol. The van der Waals surface area contributed by atoms with E-state index in [-0.39, 0.29) is 18.2 Å². The second kappa shape index (κ2) is 10.6. The number of carbonyl (C=O) groups excluding carboxylic acids is 2. The third-order valence-corrected chi connectivity index (χ3v) is 5.99. The fourth-order valence-electron chi connectivity index (χ4n) is 3.01. The highest BCUT2D eigenvalue weighted by atomic mass is 35.5. The quantitative estimate of drug-likeness (QED) is 0.600. The second-order valence-electron chi connectivity index (χ2n) is 6.88. The summed E-state index contributed by atoms with van der Waals surface area (Å²) in [6.45, 7) is 2.94. The minimum Gasteiger partial charge on any atom is -0.385 e. The summed E-state index contributed by atoms with van der Waals surface area (Å²) in [7, 11) is 1.63. The topological polar surface area (TPSA) is 71.0 Å². The molecule has 0 radical (unpaired) electrons. The number of hydrogen-bond donors (Lipinski definition) is 1. The summed E-state index contributed by atoms with van der Waals surface area (Å²) in [5.41, 5.74) is 2.33. The highest BCUT2D eigenvalue weighted by Crippen LogP contribution is 2.32. The number of carbonyl (C=O) groups is 2. The lowest BCUT2D eigenvalue weighted by atomic mass is 10.2. The first-order valence-electron chi connectivity index (χ1n) is 9.64. The molecule has 1 N–H and O–H groups in total. The van der Waals surface area contributed by atoms with Crippen LogP contribution >= 0.6 is 23.4 Å². The number of nitrogens with zero attached hydrogens (tertiary/aromatic N) is 2. The lowest BCUT2D eigenvalue weighted by Crippen LogP contribution is -2.34. The molecular formula is C22H24ClN3O3S. The van der Waals surface area contributed by atoms with Gasteiger partial charge in [0, 0.05) is 37.4 Å². The van der Waals surface area contributed by atoms with Gasteiger partial charge in [-0.2, -0.15) is 0 Å². The van der Waals surface area contributed by atoms with Crippen LogP contribution in [-0.2, 0) is 14.3 Å². The van der Waals surface area contributed by atoms with E-state index >= 15 is 0 Å². The van der Waals surface area contributed by atoms with Crippen LogP contribution < -0.4 is 5.32 Å². The van der Waals surface area contributed by atoms with Crippen molar-refractivity contribution in [1.82, 2.24) is 4.90 Å². The zero-order valence-corrected chi connectivity index (χ0v) is 18.5. The van der Waals surface area contributed by atoms with Crippen LogP contribution in [0, 0.1) is 6.92 Å². The highest BCUT2D eigenvalue weighted by molar-refractivity contribution is 8.15. The largest absolute Gasteiger partial charge is 0.385 e. The molecule has 1 heterocycles. The molecule has 1 aliphatic heterocycles. The Labute approximate surface area is 185 Å². The first-order valence-corrected chi connectivity index (χ1v) is 10.9. The van der Waals surface area contributed by atoms with Crippen LogP contribution in [0.1, 0.15) is 18.4 Å². The lowest BCUT2D eigenvalue weighted by molar-refractivity contribution is -0.128. The summed E-state index contributed by atoms with van der Waals surface area (Å²) in [4.78, 5) is 31.9. The number of para-hydroxylation sites is 1. The van der Waals surface area contributed by atoms with Gasteiger partial charge in [-0.25, -0.2) is 4.99 Å². The lowest BCUT2D eigenvalue weighted by Gasteiger charge is -2.16. The number of rotatable bonds is 8. The van der Waals surface area contributed by atoms with Gasteiger partial charge in [0.15, 0.2) is 5.17 Å². The van der Waals surface area contributed by atoms with Crippen molar-refractivity contribution >= 4 is 51.7 Å². The van der Waals surface area contributed by atoms with Crippen molar-refractivity contribution in [1.29, 1.82) is 0 Å². The van der Waals surface area contributed by atoms with E-state index in [9.17, 15) is 9.59 Å². The molecule has 1 aliphatic rings. The van der Waals surface area contributed by atoms with Gasteiger partial charge in [0.2, 0.25) is 11.8 Å². The van der Waals surface area contributed by atoms with Crippen molar-refractivity contribution in [3.05, 3.63) is 59.1 Å². The van der Waals surface area contributed by atoms with Gasteiger partial charge in [0.1, 0.15) is 5.25 Å². The SMILES string of the molecule is COCCCN1C(=O)[C@H](CC(=O)Nc2cc(Cl)ccc2C)SC1=Nc1ccccc1. The molecule has 1 saturated heterocycles. The summed E-state index contributed by atoms with van der Waals surface area (Å²) in [6, 6.07) is 14.8. The van der Waals surface area contributed by atoms with E-state index in [2.05, 4.69) is 10.3 Å². The third kappa shape index (κ3) is 5.84. The normalized spacial score (nSPS) is 17.6. The molecule has 1 atom stereocenters. The van der Waals surface area contributed by atoms with Gasteiger partial charge in [-0.15, -0.1) is 0 Å². The molecule has 0 spiro atoms. The molecule has 0 unspecified atom stereocenters. The Morgan fingerprint density at radius 2 is 2.03 bits per heavy atom. The van der Waals surface area contributed by atoms with Gasteiger partial charge >= 0.3 is 0 Å². The summed E-state index contributed by atoms with van der Waals surface area (Å²) in [5.74, 6) is -0.340. The minimum atomic E-state index is -0.519. The van der Waals surface area contributed by atoms with Crippen molar-refractivity contribution in [2.24, 2.45) is 4.99 Å². The molecule has 0 saturated carbocycles. The van der Waals surface area contributed by atoms with Crippen LogP contribution in [0.2, 0.25) is 5.02 Å². The Hall–Kier alpha value is -2.35. The Balaban J connectivity index is 1.73. The molecule has 8 heteroatoms. The van der Waals surface area contributed by atoms with Gasteiger partial charge in [-0.05, 0) is 43.2 Å². The number of nitrogens with one attached hydrogen (secondary N) is 1. The number of aliphatic imine (C=N–C) groups is 1. The molecule has 30 heavy (non-hydrogen) atoms. The maximum Gasteiger partial charge on any atom is 0.242 e. The van der Waals surface area contributed by atoms with Crippen molar-refractivity contribution < 1.29 is 14.3 Å². The van der Waals surface area contributed by atoms with Crippen molar-refractivity contribution in [3.63, 3.8) is 0 Å². The average Bonchev–Trinajstić information content (AvgIpc) is 3.00. The zero-order valence-electron chi connectivity index (χ0n) is 16.9. The van der Waals surface area contributed by atoms with Crippen LogP contribution in [0.4, 0.5) is 11.4 Å². The van der Waals surface area contributed by atoms with Crippen LogP contribution in [0.5, 0.6) is 0 Å². The van der Waals surface area contributed by atoms with Crippen molar-refractivity contribution in [2.75, 3.05) is 25.6 Å². The monoisotopic (exact) mass is 445 g/mol. The van der Waals surface area contributed by atoms with E-state index in [1.54, 1.807) is 24.1 Å². The van der Waals surface area contributed by atoms with E-state index in [1.165, 1.54) is 11.8 Å². The fraction of sp³-hybridized carbons (Fsp3) is 0.318. The number of amidine groups is 1. The number of ether oxygens (including phenoxy) is 1. The molecule has 2 aromatic rings. The summed E-state index contributed by atoms with van der Waals surface area (Å²) >= 11 is 7.35. The van der Waals surface area contributed by atoms with Crippen LogP contribution in [0.15, 0.2) is 53.5 Å². The number of anilines is 1. The molecule has 2 aromatic carbocycles. The van der Waals surface area contributed by atoms with Crippen LogP contribution in [0.25, 0.3) is 0 Å². The number of methoxy groups -OCH3 is 1. The molecule has 0 aliphatic carbocycles. The molecule has 158 valence electrons. The number of amides is 2. The fourth-order valence-corrected chi connectivity index (χ4v) is 4.37. The van der Waals surface area contributed by atoms with Crippen LogP contribution in [0.3, 0.4) is 0 Å². The van der Waals surface area contributed by atoms with Crippen LogP contribution in [-0.4, -0.2) is 47.4 Å². The minimum absolute atomic E-state index is 0.0596. The zero-order chi connectivity index (χ0) is 21.5. The maximum atomic E-state index is 13.0. The molecule has 0 bridgehead atoms. The number of thioether (sulfide) groups is 1. The predicted octanol–water partition coefficient (Wildman–Crippen LogP) is 4.65. The van der Waals surface area contributed by atoms with Gasteiger partial charge < -0.3 is 10.1 Å². The van der Waals surface area contributed by atoms with Gasteiger partial charge in [-0.3, -0.25) is 14.5 Å². The average molecular weight is 446 g/mol. The van der Waals surface area contributed by atoms with E-state index in [0.717, 1.165) is 11.3 Å². The van der Waals surface area contributed by atoms with E-state index in [0.29, 0.717) is 35.5 Å².